The third-order valence-electron chi connectivity index (χ3n) is 2.30. The maximum Gasteiger partial charge on any atom is 0.175 e. The minimum absolute atomic E-state index is 0.226. The Morgan fingerprint density at radius 1 is 1.62 bits per heavy atom. The predicted molar refractivity (Wildman–Crippen MR) is 44.9 cm³/mol. The Hall–Kier alpha value is -1.01. The number of β-amino-alcohol motifs (C(OH)–C–C–N with tert-alkyl or cyclic N) is 1. The van der Waals surface area contributed by atoms with Gasteiger partial charge in [-0.15, -0.1) is 10.2 Å². The summed E-state index contributed by atoms with van der Waals surface area (Å²) in [5.74, 6) is 0.930. The lowest BCUT2D eigenvalue weighted by atomic mass is 10.0. The molecule has 0 spiro atoms. The van der Waals surface area contributed by atoms with Crippen LogP contribution >= 0.6 is 0 Å². The van der Waals surface area contributed by atoms with Crippen molar-refractivity contribution in [2.45, 2.75) is 12.5 Å². The van der Waals surface area contributed by atoms with Crippen molar-refractivity contribution in [2.24, 2.45) is 13.0 Å². The average Bonchev–Trinajstić information content (AvgIpc) is 2.64. The molecule has 0 saturated carbocycles. The maximum atomic E-state index is 9.51. The summed E-state index contributed by atoms with van der Waals surface area (Å²) in [6.07, 6.45) is 0.422. The van der Waals surface area contributed by atoms with Crippen LogP contribution in [0.3, 0.4) is 0 Å². The Morgan fingerprint density at radius 3 is 3.00 bits per heavy atom. The molecule has 0 amide bonds. The van der Waals surface area contributed by atoms with Gasteiger partial charge in [-0.25, -0.2) is 0 Å². The Kier molecular flexibility index (Phi) is 2.24. The van der Waals surface area contributed by atoms with E-state index in [-0.39, 0.29) is 12.0 Å². The molecule has 0 aromatic carbocycles. The Balaban J connectivity index is 1.97. The van der Waals surface area contributed by atoms with Gasteiger partial charge in [-0.3, -0.25) is 0 Å². The van der Waals surface area contributed by atoms with Gasteiger partial charge >= 0.3 is 0 Å². The number of hydrogen-bond donors (Lipinski definition) is 2. The lowest BCUT2D eigenvalue weighted by Gasteiger charge is -2.09. The first-order chi connectivity index (χ1) is 6.25. The summed E-state index contributed by atoms with van der Waals surface area (Å²) < 4.78 is 0. The second-order valence-corrected chi connectivity index (χ2v) is 3.38. The molecule has 6 heteroatoms. The maximum absolute atomic E-state index is 9.51. The highest BCUT2D eigenvalue weighted by Gasteiger charge is 2.26. The molecule has 0 bridgehead atoms. The number of tetrazole rings is 1. The molecule has 1 aliphatic heterocycles. The zero-order chi connectivity index (χ0) is 9.26. The second-order valence-electron chi connectivity index (χ2n) is 3.38. The number of nitrogens with zero attached hydrogens (tertiary/aromatic N) is 4. The highest BCUT2D eigenvalue weighted by atomic mass is 16.3. The SMILES string of the molecule is Cn1nnc(C[C@@H]2CNC[C@H]2O)n1. The Bertz CT molecular complexity index is 286. The summed E-state index contributed by atoms with van der Waals surface area (Å²) in [6.45, 7) is 1.50. The highest BCUT2D eigenvalue weighted by Crippen LogP contribution is 2.12. The predicted octanol–water partition coefficient (Wildman–Crippen LogP) is -1.67. The number of rotatable bonds is 2. The van der Waals surface area contributed by atoms with Gasteiger partial charge in [0.1, 0.15) is 0 Å². The smallest absolute Gasteiger partial charge is 0.175 e. The molecule has 2 atom stereocenters. The quantitative estimate of drug-likeness (QED) is 0.573. The summed E-state index contributed by atoms with van der Waals surface area (Å²) in [4.78, 5) is 1.43. The zero-order valence-corrected chi connectivity index (χ0v) is 7.51. The van der Waals surface area contributed by atoms with Crippen molar-refractivity contribution in [3.8, 4) is 0 Å². The number of hydrogen-bond acceptors (Lipinski definition) is 5. The number of aryl methyl sites for hydroxylation is 1. The highest BCUT2D eigenvalue weighted by molar-refractivity contribution is 4.89. The fourth-order valence-corrected chi connectivity index (χ4v) is 1.57. The molecule has 13 heavy (non-hydrogen) atoms. The van der Waals surface area contributed by atoms with Crippen LogP contribution in [0.15, 0.2) is 0 Å². The van der Waals surface area contributed by atoms with Crippen LogP contribution < -0.4 is 5.32 Å². The largest absolute Gasteiger partial charge is 0.391 e. The fraction of sp³-hybridized carbons (Fsp3) is 0.857. The molecule has 2 rings (SSSR count). The van der Waals surface area contributed by atoms with Crippen molar-refractivity contribution in [2.75, 3.05) is 13.1 Å². The number of aliphatic hydroxyl groups is 1. The van der Waals surface area contributed by atoms with E-state index in [9.17, 15) is 5.11 Å². The summed E-state index contributed by atoms with van der Waals surface area (Å²) in [7, 11) is 1.74. The van der Waals surface area contributed by atoms with E-state index in [1.165, 1.54) is 4.80 Å². The van der Waals surface area contributed by atoms with Gasteiger partial charge < -0.3 is 10.4 Å². The summed E-state index contributed by atoms with van der Waals surface area (Å²) in [5, 5.41) is 24.3. The molecule has 2 N–H and O–H groups in total. The van der Waals surface area contributed by atoms with E-state index in [1.807, 2.05) is 0 Å². The molecular formula is C7H13N5O. The van der Waals surface area contributed by atoms with Gasteiger partial charge in [-0.05, 0) is 5.21 Å². The number of nitrogens with one attached hydrogen (secondary N) is 1. The van der Waals surface area contributed by atoms with E-state index in [2.05, 4.69) is 20.7 Å². The van der Waals surface area contributed by atoms with Crippen LogP contribution in [-0.2, 0) is 13.5 Å². The first kappa shape index (κ1) is 8.58. The molecule has 0 radical (unpaired) electrons. The molecule has 1 aromatic heterocycles. The monoisotopic (exact) mass is 183 g/mol. The van der Waals surface area contributed by atoms with Gasteiger partial charge in [-0.2, -0.15) is 4.80 Å². The Morgan fingerprint density at radius 2 is 2.46 bits per heavy atom. The molecule has 1 aliphatic rings. The first-order valence-corrected chi connectivity index (χ1v) is 4.37. The van der Waals surface area contributed by atoms with Crippen LogP contribution in [0, 0.1) is 5.92 Å². The van der Waals surface area contributed by atoms with Gasteiger partial charge in [0.05, 0.1) is 13.2 Å². The summed E-state index contributed by atoms with van der Waals surface area (Å²) >= 11 is 0. The first-order valence-electron chi connectivity index (χ1n) is 4.37. The van der Waals surface area contributed by atoms with E-state index in [0.29, 0.717) is 18.8 Å². The molecule has 1 aromatic rings. The van der Waals surface area contributed by atoms with Crippen LogP contribution in [0.1, 0.15) is 5.82 Å². The topological polar surface area (TPSA) is 75.9 Å². The van der Waals surface area contributed by atoms with Gasteiger partial charge in [0, 0.05) is 25.4 Å². The lowest BCUT2D eigenvalue weighted by Crippen LogP contribution is -2.20. The molecule has 1 saturated heterocycles. The molecule has 2 heterocycles. The average molecular weight is 183 g/mol. The number of aromatic nitrogens is 4. The van der Waals surface area contributed by atoms with E-state index in [1.54, 1.807) is 7.05 Å². The third-order valence-corrected chi connectivity index (χ3v) is 2.30. The third kappa shape index (κ3) is 1.84. The normalized spacial score (nSPS) is 28.2. The van der Waals surface area contributed by atoms with Crippen LogP contribution in [-0.4, -0.2) is 44.5 Å². The van der Waals surface area contributed by atoms with Crippen LogP contribution in [0.25, 0.3) is 0 Å². The molecule has 72 valence electrons. The van der Waals surface area contributed by atoms with Crippen molar-refractivity contribution >= 4 is 0 Å². The molecule has 0 aliphatic carbocycles. The lowest BCUT2D eigenvalue weighted by molar-refractivity contribution is 0.146. The minimum Gasteiger partial charge on any atom is -0.391 e. The van der Waals surface area contributed by atoms with Crippen molar-refractivity contribution in [3.63, 3.8) is 0 Å². The molecule has 6 nitrogen and oxygen atoms in total. The fourth-order valence-electron chi connectivity index (χ4n) is 1.57. The van der Waals surface area contributed by atoms with Crippen molar-refractivity contribution in [1.82, 2.24) is 25.5 Å². The van der Waals surface area contributed by atoms with E-state index in [4.69, 9.17) is 0 Å². The minimum atomic E-state index is -0.274. The Labute approximate surface area is 75.9 Å². The summed E-state index contributed by atoms with van der Waals surface area (Å²) in [6, 6.07) is 0. The van der Waals surface area contributed by atoms with Crippen molar-refractivity contribution in [3.05, 3.63) is 5.82 Å². The van der Waals surface area contributed by atoms with Gasteiger partial charge in [0.25, 0.3) is 0 Å². The van der Waals surface area contributed by atoms with Crippen LogP contribution in [0.4, 0.5) is 0 Å². The molecule has 1 fully saturated rings. The van der Waals surface area contributed by atoms with Crippen LogP contribution in [0.5, 0.6) is 0 Å². The standard InChI is InChI=1S/C7H13N5O/c1-12-10-7(9-11-12)2-5-3-8-4-6(5)13/h5-6,8,13H,2-4H2,1H3/t5-,6-/m1/s1. The van der Waals surface area contributed by atoms with Gasteiger partial charge in [0.2, 0.25) is 0 Å². The second kappa shape index (κ2) is 3.39. The van der Waals surface area contributed by atoms with E-state index in [0.717, 1.165) is 6.54 Å². The van der Waals surface area contributed by atoms with Gasteiger partial charge in [0.15, 0.2) is 5.82 Å². The van der Waals surface area contributed by atoms with Crippen molar-refractivity contribution < 1.29 is 5.11 Å². The number of aliphatic hydroxyl groups excluding tert-OH is 1. The van der Waals surface area contributed by atoms with E-state index < -0.39 is 0 Å². The van der Waals surface area contributed by atoms with Gasteiger partial charge in [-0.1, -0.05) is 0 Å². The molecule has 0 unspecified atom stereocenters. The zero-order valence-electron chi connectivity index (χ0n) is 7.51. The van der Waals surface area contributed by atoms with Crippen molar-refractivity contribution in [1.29, 1.82) is 0 Å². The molecular weight excluding hydrogens is 170 g/mol. The van der Waals surface area contributed by atoms with E-state index >= 15 is 0 Å². The summed E-state index contributed by atoms with van der Waals surface area (Å²) in [5.41, 5.74) is 0. The van der Waals surface area contributed by atoms with Crippen LogP contribution in [0.2, 0.25) is 0 Å².